The van der Waals surface area contributed by atoms with Crippen molar-refractivity contribution in [3.05, 3.63) is 53.4 Å². The molecule has 1 aliphatic rings. The first-order chi connectivity index (χ1) is 10.1. The molecular formula is C17H20N2O2. The van der Waals surface area contributed by atoms with Crippen LogP contribution in [0.1, 0.15) is 29.3 Å². The number of aliphatic hydroxyl groups excluding tert-OH is 1. The summed E-state index contributed by atoms with van der Waals surface area (Å²) in [5.41, 5.74) is 4.39. The second kappa shape index (κ2) is 5.37. The highest BCUT2D eigenvalue weighted by Crippen LogP contribution is 2.33. The molecule has 0 radical (unpaired) electrons. The quantitative estimate of drug-likeness (QED) is 0.882. The normalized spacial score (nSPS) is 21.0. The average molecular weight is 284 g/mol. The Hall–Kier alpha value is -2.07. The molecule has 1 N–H and O–H groups in total. The lowest BCUT2D eigenvalue weighted by molar-refractivity contribution is 0.218. The molecule has 0 spiro atoms. The molecule has 0 saturated heterocycles. The summed E-state index contributed by atoms with van der Waals surface area (Å²) in [7, 11) is 1.66. The summed E-state index contributed by atoms with van der Waals surface area (Å²) in [6, 6.07) is 7.87. The Morgan fingerprint density at radius 1 is 1.19 bits per heavy atom. The van der Waals surface area contributed by atoms with Gasteiger partial charge in [0.25, 0.3) is 0 Å². The van der Waals surface area contributed by atoms with E-state index in [9.17, 15) is 5.11 Å². The molecule has 110 valence electrons. The lowest BCUT2D eigenvalue weighted by Gasteiger charge is -2.11. The Balaban J connectivity index is 1.99. The maximum Gasteiger partial charge on any atom is 0.119 e. The van der Waals surface area contributed by atoms with Gasteiger partial charge in [-0.2, -0.15) is 5.10 Å². The number of benzene rings is 1. The molecule has 2 atom stereocenters. The van der Waals surface area contributed by atoms with Gasteiger partial charge in [-0.3, -0.25) is 0 Å². The van der Waals surface area contributed by atoms with Crippen LogP contribution in [0.3, 0.4) is 0 Å². The average Bonchev–Trinajstić information content (AvgIpc) is 3.02. The minimum absolute atomic E-state index is 0.256. The number of hydrogen-bond donors (Lipinski definition) is 1. The lowest BCUT2D eigenvalue weighted by Crippen LogP contribution is -2.03. The third-order valence-corrected chi connectivity index (χ3v) is 4.10. The summed E-state index contributed by atoms with van der Waals surface area (Å²) in [5.74, 6) is 1.09. The summed E-state index contributed by atoms with van der Waals surface area (Å²) in [5, 5.41) is 14.4. The van der Waals surface area contributed by atoms with E-state index in [2.05, 4.69) is 18.1 Å². The zero-order chi connectivity index (χ0) is 15.0. The molecular weight excluding hydrogens is 264 g/mol. The fourth-order valence-corrected chi connectivity index (χ4v) is 3.06. The second-order valence-corrected chi connectivity index (χ2v) is 5.49. The van der Waals surface area contributed by atoms with Gasteiger partial charge in [-0.25, -0.2) is 4.68 Å². The van der Waals surface area contributed by atoms with E-state index in [4.69, 9.17) is 4.74 Å². The predicted octanol–water partition coefficient (Wildman–Crippen LogP) is 2.90. The molecule has 1 heterocycles. The Bertz CT molecular complexity index is 671. The van der Waals surface area contributed by atoms with Gasteiger partial charge in [0.2, 0.25) is 0 Å². The van der Waals surface area contributed by atoms with Gasteiger partial charge in [-0.1, -0.05) is 12.2 Å². The van der Waals surface area contributed by atoms with Crippen molar-refractivity contribution < 1.29 is 9.84 Å². The van der Waals surface area contributed by atoms with Crippen molar-refractivity contribution in [2.24, 2.45) is 0 Å². The van der Waals surface area contributed by atoms with E-state index in [0.717, 1.165) is 29.2 Å². The largest absolute Gasteiger partial charge is 0.497 e. The fourth-order valence-electron chi connectivity index (χ4n) is 3.06. The van der Waals surface area contributed by atoms with Crippen LogP contribution in [0.15, 0.2) is 36.4 Å². The summed E-state index contributed by atoms with van der Waals surface area (Å²) in [6.07, 6.45) is 4.36. The van der Waals surface area contributed by atoms with Crippen LogP contribution >= 0.6 is 0 Å². The van der Waals surface area contributed by atoms with E-state index >= 15 is 0 Å². The molecule has 0 bridgehead atoms. The SMILES string of the molecule is COc1ccc(-n2nc(C)c([C@@H]3C=C[C@@H](O)C3)c2C)cc1. The molecule has 0 unspecified atom stereocenters. The number of hydrogen-bond acceptors (Lipinski definition) is 3. The highest BCUT2D eigenvalue weighted by Gasteiger charge is 2.25. The fraction of sp³-hybridized carbons (Fsp3) is 0.353. The first kappa shape index (κ1) is 13.9. The lowest BCUT2D eigenvalue weighted by atomic mass is 9.96. The van der Waals surface area contributed by atoms with Gasteiger partial charge in [0.15, 0.2) is 0 Å². The van der Waals surface area contributed by atoms with E-state index in [0.29, 0.717) is 0 Å². The Morgan fingerprint density at radius 3 is 2.48 bits per heavy atom. The molecule has 4 nitrogen and oxygen atoms in total. The van der Waals surface area contributed by atoms with E-state index in [-0.39, 0.29) is 12.0 Å². The maximum absolute atomic E-state index is 9.70. The molecule has 1 aliphatic carbocycles. The van der Waals surface area contributed by atoms with Crippen LogP contribution in [-0.2, 0) is 0 Å². The third-order valence-electron chi connectivity index (χ3n) is 4.10. The van der Waals surface area contributed by atoms with Crippen molar-refractivity contribution in [3.8, 4) is 11.4 Å². The summed E-state index contributed by atoms with van der Waals surface area (Å²) in [4.78, 5) is 0. The standard InChI is InChI=1S/C17H20N2O2/c1-11-17(13-4-7-15(20)10-13)12(2)19(18-11)14-5-8-16(21-3)9-6-14/h4-9,13,15,20H,10H2,1-3H3/t13-,15-/m1/s1. The maximum atomic E-state index is 9.70. The Kier molecular flexibility index (Phi) is 3.55. The molecule has 21 heavy (non-hydrogen) atoms. The Labute approximate surface area is 124 Å². The zero-order valence-corrected chi connectivity index (χ0v) is 12.6. The van der Waals surface area contributed by atoms with Crippen LogP contribution < -0.4 is 4.74 Å². The Morgan fingerprint density at radius 2 is 1.90 bits per heavy atom. The molecule has 0 aliphatic heterocycles. The number of rotatable bonds is 3. The third kappa shape index (κ3) is 2.47. The van der Waals surface area contributed by atoms with Gasteiger partial charge >= 0.3 is 0 Å². The number of allylic oxidation sites excluding steroid dienone is 1. The van der Waals surface area contributed by atoms with Gasteiger partial charge in [-0.05, 0) is 44.5 Å². The van der Waals surface area contributed by atoms with Crippen LogP contribution in [0.25, 0.3) is 5.69 Å². The van der Waals surface area contributed by atoms with E-state index in [1.54, 1.807) is 7.11 Å². The molecule has 3 rings (SSSR count). The van der Waals surface area contributed by atoms with Crippen molar-refractivity contribution in [2.45, 2.75) is 32.3 Å². The van der Waals surface area contributed by atoms with E-state index in [1.165, 1.54) is 5.56 Å². The van der Waals surface area contributed by atoms with Gasteiger partial charge < -0.3 is 9.84 Å². The van der Waals surface area contributed by atoms with Crippen molar-refractivity contribution >= 4 is 0 Å². The number of aliphatic hydroxyl groups is 1. The second-order valence-electron chi connectivity index (χ2n) is 5.49. The van der Waals surface area contributed by atoms with Crippen molar-refractivity contribution in [2.75, 3.05) is 7.11 Å². The summed E-state index contributed by atoms with van der Waals surface area (Å²) < 4.78 is 7.15. The highest BCUT2D eigenvalue weighted by atomic mass is 16.5. The minimum atomic E-state index is -0.335. The van der Waals surface area contributed by atoms with E-state index < -0.39 is 0 Å². The molecule has 4 heteroatoms. The van der Waals surface area contributed by atoms with Crippen LogP contribution in [0.2, 0.25) is 0 Å². The predicted molar refractivity (Wildman–Crippen MR) is 82.1 cm³/mol. The van der Waals surface area contributed by atoms with Crippen molar-refractivity contribution in [3.63, 3.8) is 0 Å². The summed E-state index contributed by atoms with van der Waals surface area (Å²) >= 11 is 0. The first-order valence-electron chi connectivity index (χ1n) is 7.17. The monoisotopic (exact) mass is 284 g/mol. The highest BCUT2D eigenvalue weighted by molar-refractivity contribution is 5.43. The topological polar surface area (TPSA) is 47.3 Å². The minimum Gasteiger partial charge on any atom is -0.497 e. The van der Waals surface area contributed by atoms with Gasteiger partial charge in [-0.15, -0.1) is 0 Å². The summed E-state index contributed by atoms with van der Waals surface area (Å²) in [6.45, 7) is 4.11. The number of aromatic nitrogens is 2. The molecule has 1 aromatic heterocycles. The molecule has 1 aromatic carbocycles. The van der Waals surface area contributed by atoms with E-state index in [1.807, 2.05) is 41.9 Å². The number of aryl methyl sites for hydroxylation is 1. The zero-order valence-electron chi connectivity index (χ0n) is 12.6. The molecule has 2 aromatic rings. The molecule has 0 saturated carbocycles. The van der Waals surface area contributed by atoms with Gasteiger partial charge in [0.05, 0.1) is 24.6 Å². The smallest absolute Gasteiger partial charge is 0.119 e. The van der Waals surface area contributed by atoms with Crippen molar-refractivity contribution in [1.29, 1.82) is 0 Å². The molecule has 0 amide bonds. The van der Waals surface area contributed by atoms with Crippen molar-refractivity contribution in [1.82, 2.24) is 9.78 Å². The van der Waals surface area contributed by atoms with Gasteiger partial charge in [0, 0.05) is 17.2 Å². The molecule has 0 fully saturated rings. The number of nitrogens with zero attached hydrogens (tertiary/aromatic N) is 2. The van der Waals surface area contributed by atoms with Crippen LogP contribution in [0, 0.1) is 13.8 Å². The van der Waals surface area contributed by atoms with Crippen LogP contribution in [0.5, 0.6) is 5.75 Å². The van der Waals surface area contributed by atoms with Gasteiger partial charge in [0.1, 0.15) is 5.75 Å². The van der Waals surface area contributed by atoms with Crippen LogP contribution in [0.4, 0.5) is 0 Å². The number of ether oxygens (including phenoxy) is 1. The van der Waals surface area contributed by atoms with Crippen LogP contribution in [-0.4, -0.2) is 28.1 Å². The number of methoxy groups -OCH3 is 1. The first-order valence-corrected chi connectivity index (χ1v) is 7.17.